The van der Waals surface area contributed by atoms with Gasteiger partial charge in [-0.25, -0.2) is 0 Å². The van der Waals surface area contributed by atoms with Crippen LogP contribution in [0.4, 0.5) is 34.1 Å². The third-order valence-corrected chi connectivity index (χ3v) is 11.3. The lowest BCUT2D eigenvalue weighted by Gasteiger charge is -2.30. The van der Waals surface area contributed by atoms with E-state index in [0.29, 0.717) is 0 Å². The number of fused-ring (bicyclic) bond motifs is 1. The maximum atomic E-state index is 2.44. The molecule has 284 valence electrons. The summed E-state index contributed by atoms with van der Waals surface area (Å²) in [5.74, 6) is 0. The molecule has 10 rings (SSSR count). The summed E-state index contributed by atoms with van der Waals surface area (Å²) in [7, 11) is 0. The van der Waals surface area contributed by atoms with E-state index in [1.807, 2.05) is 0 Å². The molecule has 0 bridgehead atoms. The molecule has 2 heteroatoms. The largest absolute Gasteiger partial charge is 0.311 e. The van der Waals surface area contributed by atoms with Crippen LogP contribution in [-0.4, -0.2) is 0 Å². The number of hydrogen-bond donors (Lipinski definition) is 0. The summed E-state index contributed by atoms with van der Waals surface area (Å²) in [5.41, 5.74) is 16.1. The highest BCUT2D eigenvalue weighted by Gasteiger charge is 2.22. The molecular formula is C58H42N2. The monoisotopic (exact) mass is 766 g/mol. The summed E-state index contributed by atoms with van der Waals surface area (Å²) in [5, 5.41) is 2.43. The molecule has 10 aromatic carbocycles. The molecule has 0 aliphatic rings. The molecule has 0 radical (unpaired) electrons. The van der Waals surface area contributed by atoms with Gasteiger partial charge in [0.2, 0.25) is 0 Å². The molecule has 0 saturated heterocycles. The Hall–Kier alpha value is -7.94. The van der Waals surface area contributed by atoms with Gasteiger partial charge >= 0.3 is 0 Å². The molecule has 0 aliphatic heterocycles. The van der Waals surface area contributed by atoms with Crippen LogP contribution in [0.1, 0.15) is 0 Å². The van der Waals surface area contributed by atoms with E-state index < -0.39 is 0 Å². The second-order valence-corrected chi connectivity index (χ2v) is 14.9. The number of rotatable bonds is 10. The highest BCUT2D eigenvalue weighted by atomic mass is 15.2. The second-order valence-electron chi connectivity index (χ2n) is 14.9. The van der Waals surface area contributed by atoms with Crippen molar-refractivity contribution in [3.63, 3.8) is 0 Å². The van der Waals surface area contributed by atoms with Crippen LogP contribution in [0.3, 0.4) is 0 Å². The summed E-state index contributed by atoms with van der Waals surface area (Å²) in [6.45, 7) is 0. The molecule has 0 aliphatic carbocycles. The number of nitrogens with zero attached hydrogens (tertiary/aromatic N) is 2. The fourth-order valence-corrected chi connectivity index (χ4v) is 8.36. The van der Waals surface area contributed by atoms with Gasteiger partial charge in [0.1, 0.15) is 0 Å². The number of benzene rings is 10. The van der Waals surface area contributed by atoms with Crippen LogP contribution < -0.4 is 9.80 Å². The van der Waals surface area contributed by atoms with Crippen LogP contribution in [0, 0.1) is 0 Å². The van der Waals surface area contributed by atoms with Gasteiger partial charge in [-0.1, -0.05) is 194 Å². The third kappa shape index (κ3) is 7.23. The Morgan fingerprint density at radius 3 is 1.20 bits per heavy atom. The van der Waals surface area contributed by atoms with Crippen LogP contribution >= 0.6 is 0 Å². The number of hydrogen-bond acceptors (Lipinski definition) is 2. The lowest BCUT2D eigenvalue weighted by molar-refractivity contribution is 1.28. The van der Waals surface area contributed by atoms with Crippen molar-refractivity contribution in [2.75, 3.05) is 9.80 Å². The smallest absolute Gasteiger partial charge is 0.0546 e. The van der Waals surface area contributed by atoms with Crippen molar-refractivity contribution in [3.05, 3.63) is 255 Å². The zero-order valence-corrected chi connectivity index (χ0v) is 33.1. The Morgan fingerprint density at radius 1 is 0.217 bits per heavy atom. The molecular weight excluding hydrogens is 725 g/mol. The minimum atomic E-state index is 1.09. The highest BCUT2D eigenvalue weighted by Crippen LogP contribution is 2.47. The standard InChI is InChI=1S/C58H42N2/c1-5-17-43(18-6-1)45-35-40-53(41-36-45)60(57-42-37-47-19-13-14-27-55(47)58(57)49-20-7-2-8-21-49)56-28-16-15-26-54(56)48-31-29-44(30-32-48)46-33-38-52(39-34-46)59(50-22-9-3-10-23-50)51-24-11-4-12-25-51/h1-42H. The van der Waals surface area contributed by atoms with Gasteiger partial charge in [-0.3, -0.25) is 0 Å². The average molecular weight is 767 g/mol. The van der Waals surface area contributed by atoms with Crippen LogP contribution in [0.15, 0.2) is 255 Å². The summed E-state index contributed by atoms with van der Waals surface area (Å²) in [4.78, 5) is 4.74. The first kappa shape index (κ1) is 36.4. The van der Waals surface area contributed by atoms with Gasteiger partial charge in [0, 0.05) is 33.9 Å². The SMILES string of the molecule is c1ccc(-c2ccc(N(c3ccccc3-c3ccc(-c4ccc(N(c5ccccc5)c5ccccc5)cc4)cc3)c3ccc4ccccc4c3-c3ccccc3)cc2)cc1. The van der Waals surface area contributed by atoms with Crippen LogP contribution in [0.2, 0.25) is 0 Å². The lowest BCUT2D eigenvalue weighted by Crippen LogP contribution is -2.12. The van der Waals surface area contributed by atoms with Gasteiger partial charge in [0.05, 0.1) is 11.4 Å². The van der Waals surface area contributed by atoms with E-state index in [0.717, 1.165) is 45.3 Å². The molecule has 0 fully saturated rings. The van der Waals surface area contributed by atoms with Crippen molar-refractivity contribution in [2.45, 2.75) is 0 Å². The Kier molecular flexibility index (Phi) is 10.0. The zero-order chi connectivity index (χ0) is 40.1. The van der Waals surface area contributed by atoms with E-state index >= 15 is 0 Å². The van der Waals surface area contributed by atoms with E-state index in [9.17, 15) is 0 Å². The topological polar surface area (TPSA) is 6.48 Å². The van der Waals surface area contributed by atoms with Gasteiger partial charge in [-0.2, -0.15) is 0 Å². The zero-order valence-electron chi connectivity index (χ0n) is 33.1. The van der Waals surface area contributed by atoms with Crippen LogP contribution in [0.5, 0.6) is 0 Å². The quantitative estimate of drug-likeness (QED) is 0.137. The maximum Gasteiger partial charge on any atom is 0.0546 e. The molecule has 0 N–H and O–H groups in total. The van der Waals surface area contributed by atoms with Crippen molar-refractivity contribution in [1.29, 1.82) is 0 Å². The molecule has 2 nitrogen and oxygen atoms in total. The van der Waals surface area contributed by atoms with Crippen LogP contribution in [0.25, 0.3) is 55.3 Å². The van der Waals surface area contributed by atoms with E-state index in [1.165, 1.54) is 44.2 Å². The second kappa shape index (κ2) is 16.5. The van der Waals surface area contributed by atoms with Gasteiger partial charge < -0.3 is 9.80 Å². The predicted molar refractivity (Wildman–Crippen MR) is 255 cm³/mol. The fraction of sp³-hybridized carbons (Fsp3) is 0. The minimum absolute atomic E-state index is 1.09. The predicted octanol–water partition coefficient (Wildman–Crippen LogP) is 16.4. The van der Waals surface area contributed by atoms with E-state index in [-0.39, 0.29) is 0 Å². The number of anilines is 6. The molecule has 0 saturated carbocycles. The van der Waals surface area contributed by atoms with E-state index in [1.54, 1.807) is 0 Å². The first-order chi connectivity index (χ1) is 29.8. The van der Waals surface area contributed by atoms with Crippen molar-refractivity contribution in [1.82, 2.24) is 0 Å². The summed E-state index contributed by atoms with van der Waals surface area (Å²) in [6.07, 6.45) is 0. The van der Waals surface area contributed by atoms with Crippen LogP contribution in [-0.2, 0) is 0 Å². The Morgan fingerprint density at radius 2 is 0.617 bits per heavy atom. The lowest BCUT2D eigenvalue weighted by atomic mass is 9.94. The average Bonchev–Trinajstić information content (AvgIpc) is 3.33. The summed E-state index contributed by atoms with van der Waals surface area (Å²) >= 11 is 0. The minimum Gasteiger partial charge on any atom is -0.311 e. The maximum absolute atomic E-state index is 2.44. The molecule has 0 unspecified atom stereocenters. The Bertz CT molecular complexity index is 2940. The first-order valence-electron chi connectivity index (χ1n) is 20.5. The van der Waals surface area contributed by atoms with Gasteiger partial charge in [-0.15, -0.1) is 0 Å². The molecule has 0 heterocycles. The molecule has 10 aromatic rings. The normalized spacial score (nSPS) is 11.0. The fourth-order valence-electron chi connectivity index (χ4n) is 8.36. The molecule has 0 aromatic heterocycles. The van der Waals surface area contributed by atoms with Crippen molar-refractivity contribution in [3.8, 4) is 44.5 Å². The number of para-hydroxylation sites is 3. The Labute approximate surface area is 352 Å². The highest BCUT2D eigenvalue weighted by molar-refractivity contribution is 6.06. The summed E-state index contributed by atoms with van der Waals surface area (Å²) < 4.78 is 0. The van der Waals surface area contributed by atoms with Crippen molar-refractivity contribution in [2.24, 2.45) is 0 Å². The van der Waals surface area contributed by atoms with Crippen molar-refractivity contribution < 1.29 is 0 Å². The molecule has 0 amide bonds. The van der Waals surface area contributed by atoms with Gasteiger partial charge in [0.15, 0.2) is 0 Å². The summed E-state index contributed by atoms with van der Waals surface area (Å²) in [6, 6.07) is 91.4. The third-order valence-electron chi connectivity index (χ3n) is 11.3. The van der Waals surface area contributed by atoms with Gasteiger partial charge in [-0.05, 0) is 105 Å². The molecule has 0 spiro atoms. The molecule has 0 atom stereocenters. The molecule has 60 heavy (non-hydrogen) atoms. The Balaban J connectivity index is 1.06. The first-order valence-corrected chi connectivity index (χ1v) is 20.5. The van der Waals surface area contributed by atoms with E-state index in [4.69, 9.17) is 0 Å². The van der Waals surface area contributed by atoms with E-state index in [2.05, 4.69) is 265 Å². The van der Waals surface area contributed by atoms with Gasteiger partial charge in [0.25, 0.3) is 0 Å². The van der Waals surface area contributed by atoms with Crippen molar-refractivity contribution >= 4 is 44.9 Å².